The molecule has 1 aromatic carbocycles. The molecule has 1 N–H and O–H groups in total. The molecule has 0 radical (unpaired) electrons. The highest BCUT2D eigenvalue weighted by atomic mass is 32.2. The van der Waals surface area contributed by atoms with Crippen LogP contribution in [0.5, 0.6) is 0 Å². The molecule has 0 aromatic heterocycles. The smallest absolute Gasteiger partial charge is 0.294 e. The van der Waals surface area contributed by atoms with Crippen molar-refractivity contribution in [3.05, 3.63) is 34.7 Å². The highest BCUT2D eigenvalue weighted by Gasteiger charge is 2.30. The molecule has 1 aromatic rings. The van der Waals surface area contributed by atoms with E-state index in [-0.39, 0.29) is 29.7 Å². The summed E-state index contributed by atoms with van der Waals surface area (Å²) >= 11 is 0. The Morgan fingerprint density at radius 2 is 2.25 bits per heavy atom. The van der Waals surface area contributed by atoms with Crippen molar-refractivity contribution in [3.8, 4) is 0 Å². The summed E-state index contributed by atoms with van der Waals surface area (Å²) in [5.41, 5.74) is 8.66. The molecule has 1 atom stereocenters. The number of hydrogen-bond donors (Lipinski definition) is 1. The number of nitrogens with zero attached hydrogens (tertiary/aromatic N) is 4. The SMILES string of the molecule is [N-]=[N+]=NCC1CC(=O)N(c2cccc(S(=O)(=O)O)c2)C1. The van der Waals surface area contributed by atoms with Crippen LogP contribution in [0.25, 0.3) is 10.4 Å². The molecule has 1 aliphatic heterocycles. The third kappa shape index (κ3) is 3.08. The summed E-state index contributed by atoms with van der Waals surface area (Å²) in [5.74, 6) is -0.261. The molecule has 1 amide bonds. The highest BCUT2D eigenvalue weighted by Crippen LogP contribution is 2.27. The zero-order chi connectivity index (χ0) is 14.8. The van der Waals surface area contributed by atoms with Gasteiger partial charge in [-0.1, -0.05) is 11.2 Å². The topological polar surface area (TPSA) is 123 Å². The van der Waals surface area contributed by atoms with Crippen molar-refractivity contribution >= 4 is 21.7 Å². The van der Waals surface area contributed by atoms with Crippen LogP contribution in [0.15, 0.2) is 34.3 Å². The van der Waals surface area contributed by atoms with Crippen LogP contribution in [-0.2, 0) is 14.9 Å². The Bertz CT molecular complexity index is 681. The number of benzene rings is 1. The molecule has 1 aliphatic rings. The zero-order valence-corrected chi connectivity index (χ0v) is 11.2. The molecule has 0 spiro atoms. The van der Waals surface area contributed by atoms with Gasteiger partial charge in [-0.25, -0.2) is 0 Å². The number of rotatable bonds is 4. The van der Waals surface area contributed by atoms with Gasteiger partial charge in [-0.05, 0) is 29.6 Å². The van der Waals surface area contributed by atoms with Gasteiger partial charge in [-0.15, -0.1) is 0 Å². The average molecular weight is 296 g/mol. The lowest BCUT2D eigenvalue weighted by Gasteiger charge is -2.17. The van der Waals surface area contributed by atoms with E-state index in [9.17, 15) is 13.2 Å². The van der Waals surface area contributed by atoms with Crippen LogP contribution in [0, 0.1) is 5.92 Å². The second kappa shape index (κ2) is 5.49. The number of anilines is 1. The van der Waals surface area contributed by atoms with E-state index in [1.54, 1.807) is 6.07 Å². The lowest BCUT2D eigenvalue weighted by molar-refractivity contribution is -0.117. The summed E-state index contributed by atoms with van der Waals surface area (Å²) in [6.45, 7) is 0.573. The first-order valence-corrected chi connectivity index (χ1v) is 7.24. The molecule has 1 saturated heterocycles. The second-order valence-corrected chi connectivity index (χ2v) is 5.88. The summed E-state index contributed by atoms with van der Waals surface area (Å²) in [4.78, 5) is 15.7. The molecule has 0 saturated carbocycles. The third-order valence-corrected chi connectivity index (χ3v) is 3.89. The summed E-state index contributed by atoms with van der Waals surface area (Å²) < 4.78 is 31.2. The Kier molecular flexibility index (Phi) is 3.93. The van der Waals surface area contributed by atoms with Gasteiger partial charge in [0.1, 0.15) is 0 Å². The van der Waals surface area contributed by atoms with E-state index in [2.05, 4.69) is 10.0 Å². The monoisotopic (exact) mass is 296 g/mol. The zero-order valence-electron chi connectivity index (χ0n) is 10.4. The Morgan fingerprint density at radius 3 is 2.90 bits per heavy atom. The standard InChI is InChI=1S/C11H12N4O4S/c12-14-13-6-8-4-11(16)15(7-8)9-2-1-3-10(5-9)20(17,18)19/h1-3,5,8H,4,6-7H2,(H,17,18,19). The van der Waals surface area contributed by atoms with Gasteiger partial charge in [0.15, 0.2) is 0 Å². The quantitative estimate of drug-likeness (QED) is 0.392. The van der Waals surface area contributed by atoms with Crippen molar-refractivity contribution in [2.75, 3.05) is 18.0 Å². The summed E-state index contributed by atoms with van der Waals surface area (Å²) in [6, 6.07) is 5.52. The number of hydrogen-bond acceptors (Lipinski definition) is 4. The van der Waals surface area contributed by atoms with Crippen molar-refractivity contribution in [2.24, 2.45) is 11.0 Å². The van der Waals surface area contributed by atoms with Crippen LogP contribution in [0.3, 0.4) is 0 Å². The maximum Gasteiger partial charge on any atom is 0.294 e. The van der Waals surface area contributed by atoms with Crippen molar-refractivity contribution in [1.29, 1.82) is 0 Å². The average Bonchev–Trinajstić information content (AvgIpc) is 2.77. The molecule has 0 aliphatic carbocycles. The molecule has 0 bridgehead atoms. The number of amides is 1. The van der Waals surface area contributed by atoms with Gasteiger partial charge in [0, 0.05) is 30.1 Å². The van der Waals surface area contributed by atoms with E-state index < -0.39 is 10.1 Å². The largest absolute Gasteiger partial charge is 0.312 e. The fourth-order valence-electron chi connectivity index (χ4n) is 2.12. The van der Waals surface area contributed by atoms with Crippen molar-refractivity contribution < 1.29 is 17.8 Å². The lowest BCUT2D eigenvalue weighted by atomic mass is 10.1. The highest BCUT2D eigenvalue weighted by molar-refractivity contribution is 7.85. The number of carbonyl (C=O) groups is 1. The minimum atomic E-state index is -4.30. The molecule has 1 heterocycles. The Morgan fingerprint density at radius 1 is 1.50 bits per heavy atom. The van der Waals surface area contributed by atoms with E-state index in [0.29, 0.717) is 12.2 Å². The Balaban J connectivity index is 2.24. The minimum absolute atomic E-state index is 0.0900. The van der Waals surface area contributed by atoms with Crippen LogP contribution < -0.4 is 4.90 Å². The lowest BCUT2D eigenvalue weighted by Crippen LogP contribution is -2.24. The Hall–Kier alpha value is -2.09. The maximum atomic E-state index is 11.9. The van der Waals surface area contributed by atoms with E-state index in [0.717, 1.165) is 0 Å². The van der Waals surface area contributed by atoms with E-state index in [1.807, 2.05) is 0 Å². The van der Waals surface area contributed by atoms with Crippen molar-refractivity contribution in [3.63, 3.8) is 0 Å². The first-order chi connectivity index (χ1) is 9.41. The first-order valence-electron chi connectivity index (χ1n) is 5.80. The van der Waals surface area contributed by atoms with Gasteiger partial charge >= 0.3 is 0 Å². The van der Waals surface area contributed by atoms with Crippen LogP contribution in [0.2, 0.25) is 0 Å². The molecule has 2 rings (SSSR count). The number of carbonyl (C=O) groups excluding carboxylic acids is 1. The summed E-state index contributed by atoms with van der Waals surface area (Å²) in [7, 11) is -4.30. The van der Waals surface area contributed by atoms with Gasteiger partial charge in [0.25, 0.3) is 10.1 Å². The van der Waals surface area contributed by atoms with Gasteiger partial charge in [-0.3, -0.25) is 9.35 Å². The molecule has 9 heteroatoms. The Labute approximate surface area is 115 Å². The molecule has 20 heavy (non-hydrogen) atoms. The van der Waals surface area contributed by atoms with Crippen LogP contribution >= 0.6 is 0 Å². The summed E-state index contributed by atoms with van der Waals surface area (Å²) in [6.07, 6.45) is 0.245. The first kappa shape index (κ1) is 14.3. The molecular weight excluding hydrogens is 284 g/mol. The predicted molar refractivity (Wildman–Crippen MR) is 70.7 cm³/mol. The fraction of sp³-hybridized carbons (Fsp3) is 0.364. The number of azide groups is 1. The van der Waals surface area contributed by atoms with Gasteiger partial charge < -0.3 is 4.90 Å². The van der Waals surface area contributed by atoms with Crippen LogP contribution in [0.1, 0.15) is 6.42 Å². The molecular formula is C11H12N4O4S. The van der Waals surface area contributed by atoms with Gasteiger partial charge in [-0.2, -0.15) is 8.42 Å². The summed E-state index contributed by atoms with van der Waals surface area (Å²) in [5, 5.41) is 3.44. The molecule has 1 fully saturated rings. The molecule has 106 valence electrons. The fourth-order valence-corrected chi connectivity index (χ4v) is 2.64. The normalized spacial score (nSPS) is 18.9. The van der Waals surface area contributed by atoms with Crippen molar-refractivity contribution in [2.45, 2.75) is 11.3 Å². The van der Waals surface area contributed by atoms with Crippen LogP contribution in [-0.4, -0.2) is 32.0 Å². The molecule has 8 nitrogen and oxygen atoms in total. The van der Waals surface area contributed by atoms with Crippen molar-refractivity contribution in [1.82, 2.24) is 0 Å². The minimum Gasteiger partial charge on any atom is -0.312 e. The maximum absolute atomic E-state index is 11.9. The second-order valence-electron chi connectivity index (χ2n) is 4.46. The van der Waals surface area contributed by atoms with Gasteiger partial charge in [0.05, 0.1) is 4.90 Å². The van der Waals surface area contributed by atoms with Crippen LogP contribution in [0.4, 0.5) is 5.69 Å². The molecule has 1 unspecified atom stereocenters. The van der Waals surface area contributed by atoms with E-state index in [1.165, 1.54) is 23.1 Å². The van der Waals surface area contributed by atoms with Gasteiger partial charge in [0.2, 0.25) is 5.91 Å². The van der Waals surface area contributed by atoms with E-state index >= 15 is 0 Å². The third-order valence-electron chi connectivity index (χ3n) is 3.04. The van der Waals surface area contributed by atoms with E-state index in [4.69, 9.17) is 10.1 Å². The predicted octanol–water partition coefficient (Wildman–Crippen LogP) is 1.60.